The molecule has 32 heavy (non-hydrogen) atoms. The monoisotopic (exact) mass is 454 g/mol. The summed E-state index contributed by atoms with van der Waals surface area (Å²) in [4.78, 5) is 35.2. The van der Waals surface area contributed by atoms with Gasteiger partial charge in [-0.15, -0.1) is 0 Å². The minimum atomic E-state index is -4.68. The van der Waals surface area contributed by atoms with Gasteiger partial charge in [0.2, 0.25) is 0 Å². The molecule has 1 atom stereocenters. The van der Waals surface area contributed by atoms with E-state index in [1.54, 1.807) is 13.8 Å². The van der Waals surface area contributed by atoms with Crippen molar-refractivity contribution >= 4 is 17.6 Å². The molecular weight excluding hydrogens is 433 g/mol. The van der Waals surface area contributed by atoms with Gasteiger partial charge in [-0.3, -0.25) is 19.7 Å². The van der Waals surface area contributed by atoms with E-state index in [-0.39, 0.29) is 11.3 Å². The van der Waals surface area contributed by atoms with Crippen LogP contribution in [-0.4, -0.2) is 29.5 Å². The summed E-state index contributed by atoms with van der Waals surface area (Å²) in [7, 11) is 0. The van der Waals surface area contributed by atoms with E-state index < -0.39 is 59.5 Å². The predicted molar refractivity (Wildman–Crippen MR) is 107 cm³/mol. The number of esters is 1. The Bertz CT molecular complexity index is 978. The van der Waals surface area contributed by atoms with E-state index in [0.29, 0.717) is 0 Å². The molecule has 0 aliphatic heterocycles. The molecule has 0 spiro atoms. The Labute approximate surface area is 181 Å². The normalized spacial score (nSPS) is 12.2. The third-order valence-electron chi connectivity index (χ3n) is 4.13. The number of para-hydroxylation sites is 2. The first-order valence-corrected chi connectivity index (χ1v) is 9.50. The van der Waals surface area contributed by atoms with Gasteiger partial charge in [-0.2, -0.15) is 13.2 Å². The molecule has 0 heterocycles. The SMILES string of the molecule is CC(C)OC(=O)CC(NC(=O)COc1ccccc1C(F)(F)F)c1ccccc1[N+](=O)[O-]. The van der Waals surface area contributed by atoms with E-state index in [9.17, 15) is 32.9 Å². The number of nitro benzene ring substituents is 1. The molecule has 1 amide bonds. The van der Waals surface area contributed by atoms with Crippen LogP contribution >= 0.6 is 0 Å². The molecule has 2 aromatic carbocycles. The van der Waals surface area contributed by atoms with Gasteiger partial charge < -0.3 is 14.8 Å². The van der Waals surface area contributed by atoms with Crippen LogP contribution in [0.2, 0.25) is 0 Å². The molecule has 0 radical (unpaired) electrons. The molecule has 0 saturated heterocycles. The summed E-state index contributed by atoms with van der Waals surface area (Å²) in [6.45, 7) is 2.42. The highest BCUT2D eigenvalue weighted by atomic mass is 19.4. The number of benzene rings is 2. The van der Waals surface area contributed by atoms with E-state index in [4.69, 9.17) is 9.47 Å². The number of nitrogens with zero attached hydrogens (tertiary/aromatic N) is 1. The quantitative estimate of drug-likeness (QED) is 0.346. The Morgan fingerprint density at radius 3 is 2.34 bits per heavy atom. The van der Waals surface area contributed by atoms with Gasteiger partial charge in [-0.25, -0.2) is 0 Å². The van der Waals surface area contributed by atoms with Crippen molar-refractivity contribution in [3.8, 4) is 5.75 Å². The highest BCUT2D eigenvalue weighted by Crippen LogP contribution is 2.36. The first-order valence-electron chi connectivity index (χ1n) is 9.50. The van der Waals surface area contributed by atoms with Gasteiger partial charge >= 0.3 is 12.1 Å². The Morgan fingerprint density at radius 1 is 1.09 bits per heavy atom. The molecule has 0 saturated carbocycles. The Balaban J connectivity index is 2.20. The molecule has 172 valence electrons. The lowest BCUT2D eigenvalue weighted by molar-refractivity contribution is -0.385. The summed E-state index contributed by atoms with van der Waals surface area (Å²) in [5.74, 6) is -2.13. The van der Waals surface area contributed by atoms with Crippen LogP contribution in [0.4, 0.5) is 18.9 Å². The number of alkyl halides is 3. The van der Waals surface area contributed by atoms with Gasteiger partial charge in [0.15, 0.2) is 6.61 Å². The van der Waals surface area contributed by atoms with Gasteiger partial charge in [0.1, 0.15) is 5.75 Å². The van der Waals surface area contributed by atoms with Gasteiger partial charge in [0.05, 0.1) is 34.6 Å². The van der Waals surface area contributed by atoms with Crippen LogP contribution in [0.1, 0.15) is 37.4 Å². The lowest BCUT2D eigenvalue weighted by atomic mass is 10.0. The number of hydrogen-bond donors (Lipinski definition) is 1. The van der Waals surface area contributed by atoms with Gasteiger partial charge in [0.25, 0.3) is 11.6 Å². The van der Waals surface area contributed by atoms with E-state index in [1.807, 2.05) is 0 Å². The van der Waals surface area contributed by atoms with Gasteiger partial charge in [-0.1, -0.05) is 30.3 Å². The Kier molecular flexibility index (Phi) is 8.16. The molecule has 1 N–H and O–H groups in total. The van der Waals surface area contributed by atoms with E-state index in [2.05, 4.69) is 5.32 Å². The Morgan fingerprint density at radius 2 is 1.72 bits per heavy atom. The van der Waals surface area contributed by atoms with E-state index in [0.717, 1.165) is 12.1 Å². The standard InChI is InChI=1S/C21H21F3N2O6/c1-13(2)32-20(28)11-16(14-7-3-5-9-17(14)26(29)30)25-19(27)12-31-18-10-6-4-8-15(18)21(22,23)24/h3-10,13,16H,11-12H2,1-2H3,(H,25,27). The molecule has 2 aromatic rings. The maximum absolute atomic E-state index is 13.1. The minimum Gasteiger partial charge on any atom is -0.483 e. The summed E-state index contributed by atoms with van der Waals surface area (Å²) in [6, 6.07) is 8.71. The second-order valence-corrected chi connectivity index (χ2v) is 6.96. The topological polar surface area (TPSA) is 108 Å². The number of nitrogens with one attached hydrogen (secondary N) is 1. The van der Waals surface area contributed by atoms with Crippen molar-refractivity contribution in [3.63, 3.8) is 0 Å². The highest BCUT2D eigenvalue weighted by Gasteiger charge is 2.34. The lowest BCUT2D eigenvalue weighted by Gasteiger charge is -2.20. The zero-order chi connectivity index (χ0) is 23.9. The number of carbonyl (C=O) groups is 2. The van der Waals surface area contributed by atoms with Crippen LogP contribution in [0.5, 0.6) is 5.75 Å². The van der Waals surface area contributed by atoms with Crippen molar-refractivity contribution in [2.24, 2.45) is 0 Å². The third-order valence-corrected chi connectivity index (χ3v) is 4.13. The molecule has 8 nitrogen and oxygen atoms in total. The largest absolute Gasteiger partial charge is 0.483 e. The fourth-order valence-corrected chi connectivity index (χ4v) is 2.87. The maximum atomic E-state index is 13.1. The highest BCUT2D eigenvalue weighted by molar-refractivity contribution is 5.79. The third kappa shape index (κ3) is 6.96. The zero-order valence-electron chi connectivity index (χ0n) is 17.2. The number of amides is 1. The van der Waals surface area contributed by atoms with Crippen molar-refractivity contribution in [1.29, 1.82) is 0 Å². The fourth-order valence-electron chi connectivity index (χ4n) is 2.87. The predicted octanol–water partition coefficient (Wildman–Crippen LogP) is 4.19. The number of carbonyl (C=O) groups excluding carboxylic acids is 2. The summed E-state index contributed by atoms with van der Waals surface area (Å²) >= 11 is 0. The molecule has 11 heteroatoms. The van der Waals surface area contributed by atoms with Crippen molar-refractivity contribution in [3.05, 3.63) is 69.8 Å². The maximum Gasteiger partial charge on any atom is 0.419 e. The lowest BCUT2D eigenvalue weighted by Crippen LogP contribution is -2.35. The van der Waals surface area contributed by atoms with E-state index in [1.165, 1.54) is 36.4 Å². The van der Waals surface area contributed by atoms with Crippen LogP contribution in [0.25, 0.3) is 0 Å². The fraction of sp³-hybridized carbons (Fsp3) is 0.333. The van der Waals surface area contributed by atoms with Crippen LogP contribution in [-0.2, 0) is 20.5 Å². The van der Waals surface area contributed by atoms with Gasteiger partial charge in [-0.05, 0) is 26.0 Å². The second-order valence-electron chi connectivity index (χ2n) is 6.96. The van der Waals surface area contributed by atoms with Crippen molar-refractivity contribution in [2.45, 2.75) is 38.6 Å². The van der Waals surface area contributed by atoms with E-state index >= 15 is 0 Å². The molecule has 0 aliphatic rings. The zero-order valence-corrected chi connectivity index (χ0v) is 17.2. The smallest absolute Gasteiger partial charge is 0.419 e. The van der Waals surface area contributed by atoms with Crippen LogP contribution in [0.3, 0.4) is 0 Å². The molecule has 0 fully saturated rings. The number of ether oxygens (including phenoxy) is 2. The van der Waals surface area contributed by atoms with Crippen LogP contribution in [0, 0.1) is 10.1 Å². The average Bonchev–Trinajstić information content (AvgIpc) is 2.70. The second kappa shape index (κ2) is 10.6. The molecule has 0 aromatic heterocycles. The summed E-state index contributed by atoms with van der Waals surface area (Å²) in [5.41, 5.74) is -1.34. The molecule has 2 rings (SSSR count). The average molecular weight is 454 g/mol. The first-order chi connectivity index (χ1) is 15.0. The van der Waals surface area contributed by atoms with Crippen LogP contribution in [0.15, 0.2) is 48.5 Å². The van der Waals surface area contributed by atoms with Crippen LogP contribution < -0.4 is 10.1 Å². The first kappa shape index (κ1) is 24.6. The number of hydrogen-bond acceptors (Lipinski definition) is 6. The summed E-state index contributed by atoms with van der Waals surface area (Å²) < 4.78 is 49.3. The van der Waals surface area contributed by atoms with Crippen molar-refractivity contribution in [2.75, 3.05) is 6.61 Å². The van der Waals surface area contributed by atoms with Crippen molar-refractivity contribution < 1.29 is 37.2 Å². The molecule has 1 unspecified atom stereocenters. The number of halogens is 3. The van der Waals surface area contributed by atoms with Crippen molar-refractivity contribution in [1.82, 2.24) is 5.32 Å². The minimum absolute atomic E-state index is 0.0437. The van der Waals surface area contributed by atoms with Gasteiger partial charge in [0, 0.05) is 6.07 Å². The Hall–Kier alpha value is -3.63. The molecule has 0 bridgehead atoms. The number of rotatable bonds is 9. The summed E-state index contributed by atoms with van der Waals surface area (Å²) in [5, 5.41) is 13.8. The molecule has 0 aliphatic carbocycles. The summed E-state index contributed by atoms with van der Waals surface area (Å²) in [6.07, 6.45) is -5.55. The number of nitro groups is 1. The molecular formula is C21H21F3N2O6.